The standard InChI is InChI=1S/C12H20F3N3O/c1-9-7-18(6-4-5-12(13,14)15)11(16-9)17-10(2)8-19-3/h7,10H,4-6,8H2,1-3H3,(H,16,17). The molecule has 0 aliphatic heterocycles. The number of hydrogen-bond donors (Lipinski definition) is 1. The van der Waals surface area contributed by atoms with Crippen molar-refractivity contribution in [2.24, 2.45) is 0 Å². The number of alkyl halides is 3. The van der Waals surface area contributed by atoms with E-state index in [1.807, 2.05) is 13.8 Å². The van der Waals surface area contributed by atoms with Crippen molar-refractivity contribution >= 4 is 5.95 Å². The van der Waals surface area contributed by atoms with Crippen LogP contribution in [-0.4, -0.2) is 35.5 Å². The van der Waals surface area contributed by atoms with Crippen LogP contribution in [0.2, 0.25) is 0 Å². The molecule has 1 rings (SSSR count). The minimum Gasteiger partial charge on any atom is -0.383 e. The number of anilines is 1. The Kier molecular flexibility index (Phi) is 5.65. The molecule has 0 bridgehead atoms. The zero-order chi connectivity index (χ0) is 14.5. The van der Waals surface area contributed by atoms with Crippen LogP contribution in [0.3, 0.4) is 0 Å². The number of methoxy groups -OCH3 is 1. The average Bonchev–Trinajstić information content (AvgIpc) is 2.57. The van der Waals surface area contributed by atoms with Gasteiger partial charge in [-0.15, -0.1) is 0 Å². The van der Waals surface area contributed by atoms with Crippen LogP contribution in [0.5, 0.6) is 0 Å². The molecule has 1 aromatic heterocycles. The molecule has 1 atom stereocenters. The van der Waals surface area contributed by atoms with Gasteiger partial charge in [0.1, 0.15) is 0 Å². The Labute approximate surface area is 111 Å². The number of imidazole rings is 1. The summed E-state index contributed by atoms with van der Waals surface area (Å²) in [5.41, 5.74) is 0.777. The van der Waals surface area contributed by atoms with E-state index in [1.165, 1.54) is 0 Å². The van der Waals surface area contributed by atoms with Crippen molar-refractivity contribution in [2.45, 2.75) is 45.5 Å². The summed E-state index contributed by atoms with van der Waals surface area (Å²) < 4.78 is 43.1. The number of halogens is 3. The van der Waals surface area contributed by atoms with E-state index in [0.29, 0.717) is 19.1 Å². The Hall–Kier alpha value is -1.24. The third kappa shape index (κ3) is 5.96. The number of ether oxygens (including phenoxy) is 1. The van der Waals surface area contributed by atoms with Gasteiger partial charge in [0.05, 0.1) is 12.3 Å². The van der Waals surface area contributed by atoms with Gasteiger partial charge in [0.2, 0.25) is 5.95 Å². The Bertz CT molecular complexity index is 390. The van der Waals surface area contributed by atoms with Crippen molar-refractivity contribution in [3.8, 4) is 0 Å². The predicted octanol–water partition coefficient (Wildman–Crippen LogP) is 2.98. The van der Waals surface area contributed by atoms with E-state index in [4.69, 9.17) is 4.74 Å². The molecule has 0 aromatic carbocycles. The van der Waals surface area contributed by atoms with Crippen LogP contribution in [0.25, 0.3) is 0 Å². The highest BCUT2D eigenvalue weighted by atomic mass is 19.4. The number of aryl methyl sites for hydroxylation is 2. The molecule has 0 amide bonds. The van der Waals surface area contributed by atoms with E-state index in [9.17, 15) is 13.2 Å². The Balaban J connectivity index is 2.57. The second-order valence-corrected chi connectivity index (χ2v) is 4.62. The van der Waals surface area contributed by atoms with Crippen LogP contribution < -0.4 is 5.32 Å². The molecule has 1 aromatic rings. The van der Waals surface area contributed by atoms with Gasteiger partial charge in [-0.1, -0.05) is 0 Å². The average molecular weight is 279 g/mol. The van der Waals surface area contributed by atoms with E-state index in [1.54, 1.807) is 17.9 Å². The van der Waals surface area contributed by atoms with E-state index < -0.39 is 12.6 Å². The van der Waals surface area contributed by atoms with Crippen LogP contribution in [0, 0.1) is 6.92 Å². The second kappa shape index (κ2) is 6.79. The fraction of sp³-hybridized carbons (Fsp3) is 0.750. The lowest BCUT2D eigenvalue weighted by Crippen LogP contribution is -2.23. The van der Waals surface area contributed by atoms with Crippen LogP contribution in [0.1, 0.15) is 25.5 Å². The van der Waals surface area contributed by atoms with Crippen molar-refractivity contribution in [3.05, 3.63) is 11.9 Å². The topological polar surface area (TPSA) is 39.1 Å². The number of nitrogens with one attached hydrogen (secondary N) is 1. The Morgan fingerprint density at radius 2 is 2.16 bits per heavy atom. The molecule has 0 saturated carbocycles. The quantitative estimate of drug-likeness (QED) is 0.834. The van der Waals surface area contributed by atoms with Gasteiger partial charge in [-0.25, -0.2) is 4.98 Å². The molecule has 1 unspecified atom stereocenters. The molecule has 110 valence electrons. The number of rotatable bonds is 7. The fourth-order valence-corrected chi connectivity index (χ4v) is 1.79. The first-order chi connectivity index (χ1) is 8.81. The monoisotopic (exact) mass is 279 g/mol. The van der Waals surface area contributed by atoms with E-state index in [2.05, 4.69) is 10.3 Å². The summed E-state index contributed by atoms with van der Waals surface area (Å²) in [6.07, 6.45) is -3.09. The summed E-state index contributed by atoms with van der Waals surface area (Å²) >= 11 is 0. The molecular weight excluding hydrogens is 259 g/mol. The molecule has 4 nitrogen and oxygen atoms in total. The molecule has 0 radical (unpaired) electrons. The molecule has 0 spiro atoms. The van der Waals surface area contributed by atoms with E-state index in [0.717, 1.165) is 5.69 Å². The maximum Gasteiger partial charge on any atom is 0.389 e. The van der Waals surface area contributed by atoms with Crippen molar-refractivity contribution < 1.29 is 17.9 Å². The van der Waals surface area contributed by atoms with E-state index in [-0.39, 0.29) is 12.5 Å². The maximum atomic E-state index is 12.1. The predicted molar refractivity (Wildman–Crippen MR) is 67.2 cm³/mol. The van der Waals surface area contributed by atoms with Gasteiger partial charge >= 0.3 is 6.18 Å². The van der Waals surface area contributed by atoms with Gasteiger partial charge in [0.25, 0.3) is 0 Å². The molecule has 1 N–H and O–H groups in total. The normalized spacial score (nSPS) is 13.6. The third-order valence-electron chi connectivity index (χ3n) is 2.55. The fourth-order valence-electron chi connectivity index (χ4n) is 1.79. The maximum absolute atomic E-state index is 12.1. The largest absolute Gasteiger partial charge is 0.389 e. The van der Waals surface area contributed by atoms with Gasteiger partial charge in [0.15, 0.2) is 0 Å². The molecule has 0 saturated heterocycles. The van der Waals surface area contributed by atoms with Gasteiger partial charge in [-0.3, -0.25) is 0 Å². The molecule has 0 aliphatic carbocycles. The number of aromatic nitrogens is 2. The van der Waals surface area contributed by atoms with Gasteiger partial charge in [-0.2, -0.15) is 13.2 Å². The lowest BCUT2D eigenvalue weighted by atomic mass is 10.3. The highest BCUT2D eigenvalue weighted by molar-refractivity contribution is 5.30. The molecular formula is C12H20F3N3O. The van der Waals surface area contributed by atoms with E-state index >= 15 is 0 Å². The zero-order valence-corrected chi connectivity index (χ0v) is 11.4. The van der Waals surface area contributed by atoms with Crippen molar-refractivity contribution in [1.82, 2.24) is 9.55 Å². The van der Waals surface area contributed by atoms with Crippen molar-refractivity contribution in [3.63, 3.8) is 0 Å². The van der Waals surface area contributed by atoms with Crippen LogP contribution in [0.4, 0.5) is 19.1 Å². The highest BCUT2D eigenvalue weighted by Crippen LogP contribution is 2.22. The minimum absolute atomic E-state index is 0.0483. The minimum atomic E-state index is -4.10. The van der Waals surface area contributed by atoms with Gasteiger partial charge in [0, 0.05) is 32.3 Å². The van der Waals surface area contributed by atoms with Crippen LogP contribution >= 0.6 is 0 Å². The van der Waals surface area contributed by atoms with Crippen molar-refractivity contribution in [2.75, 3.05) is 19.0 Å². The summed E-state index contributed by atoms with van der Waals surface area (Å²) in [6, 6.07) is 0.0492. The van der Waals surface area contributed by atoms with Gasteiger partial charge in [-0.05, 0) is 20.3 Å². The Morgan fingerprint density at radius 1 is 1.47 bits per heavy atom. The first-order valence-corrected chi connectivity index (χ1v) is 6.18. The second-order valence-electron chi connectivity index (χ2n) is 4.62. The molecule has 1 heterocycles. The smallest absolute Gasteiger partial charge is 0.383 e. The summed E-state index contributed by atoms with van der Waals surface area (Å²) in [4.78, 5) is 4.26. The Morgan fingerprint density at radius 3 is 2.74 bits per heavy atom. The third-order valence-corrected chi connectivity index (χ3v) is 2.55. The van der Waals surface area contributed by atoms with Crippen LogP contribution in [0.15, 0.2) is 6.20 Å². The molecule has 0 aliphatic rings. The molecule has 7 heteroatoms. The SMILES string of the molecule is COCC(C)Nc1nc(C)cn1CCCC(F)(F)F. The summed E-state index contributed by atoms with van der Waals surface area (Å²) in [6.45, 7) is 4.54. The zero-order valence-electron chi connectivity index (χ0n) is 11.4. The lowest BCUT2D eigenvalue weighted by Gasteiger charge is -2.15. The number of hydrogen-bond acceptors (Lipinski definition) is 3. The van der Waals surface area contributed by atoms with Crippen molar-refractivity contribution in [1.29, 1.82) is 0 Å². The van der Waals surface area contributed by atoms with Crippen LogP contribution in [-0.2, 0) is 11.3 Å². The summed E-state index contributed by atoms with van der Waals surface area (Å²) in [5, 5.41) is 3.13. The summed E-state index contributed by atoms with van der Waals surface area (Å²) in [5.74, 6) is 0.587. The lowest BCUT2D eigenvalue weighted by molar-refractivity contribution is -0.135. The number of nitrogens with zero attached hydrogens (tertiary/aromatic N) is 2. The first-order valence-electron chi connectivity index (χ1n) is 6.18. The first kappa shape index (κ1) is 15.8. The molecule has 19 heavy (non-hydrogen) atoms. The summed E-state index contributed by atoms with van der Waals surface area (Å²) in [7, 11) is 1.60. The molecule has 0 fully saturated rings. The van der Waals surface area contributed by atoms with Gasteiger partial charge < -0.3 is 14.6 Å². The highest BCUT2D eigenvalue weighted by Gasteiger charge is 2.26.